The Morgan fingerprint density at radius 2 is 1.93 bits per heavy atom. The first kappa shape index (κ1) is 19.0. The van der Waals surface area contributed by atoms with Gasteiger partial charge in [-0.1, -0.05) is 17.7 Å². The summed E-state index contributed by atoms with van der Waals surface area (Å²) in [4.78, 5) is 21.7. The fourth-order valence-electron chi connectivity index (χ4n) is 3.21. The normalized spacial score (nSPS) is 10.9. The molecule has 0 radical (unpaired) electrons. The molecular formula is C22H20ClN5O. The summed E-state index contributed by atoms with van der Waals surface area (Å²) in [7, 11) is 1.91. The molecule has 2 aromatic heterocycles. The number of aryl methyl sites for hydroxylation is 3. The molecule has 1 amide bonds. The van der Waals surface area contributed by atoms with E-state index in [2.05, 4.69) is 20.6 Å². The van der Waals surface area contributed by atoms with Crippen LogP contribution in [0.15, 0.2) is 54.7 Å². The average molecular weight is 406 g/mol. The minimum absolute atomic E-state index is 0.205. The summed E-state index contributed by atoms with van der Waals surface area (Å²) in [5, 5.41) is 6.81. The fraction of sp³-hybridized carbons (Fsp3) is 0.136. The van der Waals surface area contributed by atoms with Crippen LogP contribution in [0.4, 0.5) is 17.3 Å². The van der Waals surface area contributed by atoms with Gasteiger partial charge >= 0.3 is 0 Å². The number of rotatable bonds is 4. The minimum Gasteiger partial charge on any atom is -0.324 e. The van der Waals surface area contributed by atoms with Crippen LogP contribution >= 0.6 is 11.6 Å². The van der Waals surface area contributed by atoms with Gasteiger partial charge in [0.2, 0.25) is 5.95 Å². The number of benzene rings is 2. The molecule has 0 bridgehead atoms. The van der Waals surface area contributed by atoms with Crippen molar-refractivity contribution in [1.29, 1.82) is 0 Å². The zero-order valence-electron chi connectivity index (χ0n) is 16.3. The van der Waals surface area contributed by atoms with Gasteiger partial charge in [0, 0.05) is 29.5 Å². The Morgan fingerprint density at radius 3 is 2.69 bits per heavy atom. The number of hydrogen-bond acceptors (Lipinski definition) is 4. The van der Waals surface area contributed by atoms with Gasteiger partial charge in [-0.25, -0.2) is 4.98 Å². The number of carbonyl (C=O) groups is 1. The van der Waals surface area contributed by atoms with Crippen LogP contribution in [-0.2, 0) is 7.05 Å². The monoisotopic (exact) mass is 405 g/mol. The third kappa shape index (κ3) is 3.79. The molecule has 2 aromatic carbocycles. The molecule has 6 nitrogen and oxygen atoms in total. The topological polar surface area (TPSA) is 71.8 Å². The maximum atomic E-state index is 12.7. The maximum Gasteiger partial charge on any atom is 0.255 e. The zero-order valence-corrected chi connectivity index (χ0v) is 17.1. The van der Waals surface area contributed by atoms with Crippen molar-refractivity contribution in [1.82, 2.24) is 14.5 Å². The van der Waals surface area contributed by atoms with Gasteiger partial charge in [0.15, 0.2) is 0 Å². The van der Waals surface area contributed by atoms with Crippen molar-refractivity contribution < 1.29 is 4.79 Å². The molecule has 146 valence electrons. The number of imidazole rings is 1. The number of anilines is 3. The zero-order chi connectivity index (χ0) is 20.5. The molecule has 0 aliphatic rings. The number of amides is 1. The SMILES string of the molecule is Cc1ccnc(C)c1Nc1nc2ccc(C(=O)Nc3cccc(Cl)c3)cc2n1C. The second-order valence-electron chi connectivity index (χ2n) is 6.88. The van der Waals surface area contributed by atoms with Crippen LogP contribution in [0.3, 0.4) is 0 Å². The quantitative estimate of drug-likeness (QED) is 0.487. The first-order valence-electron chi connectivity index (χ1n) is 9.15. The van der Waals surface area contributed by atoms with Gasteiger partial charge in [-0.15, -0.1) is 0 Å². The lowest BCUT2D eigenvalue weighted by molar-refractivity contribution is 0.102. The average Bonchev–Trinajstić information content (AvgIpc) is 3.00. The molecule has 0 saturated carbocycles. The largest absolute Gasteiger partial charge is 0.324 e. The summed E-state index contributed by atoms with van der Waals surface area (Å²) in [5.74, 6) is 0.482. The molecule has 29 heavy (non-hydrogen) atoms. The number of nitrogens with one attached hydrogen (secondary N) is 2. The number of pyridine rings is 1. The van der Waals surface area contributed by atoms with E-state index in [1.54, 1.807) is 36.5 Å². The van der Waals surface area contributed by atoms with E-state index in [1.807, 2.05) is 43.7 Å². The summed E-state index contributed by atoms with van der Waals surface area (Å²) < 4.78 is 1.93. The van der Waals surface area contributed by atoms with Gasteiger partial charge in [0.05, 0.1) is 22.4 Å². The van der Waals surface area contributed by atoms with E-state index in [0.717, 1.165) is 28.0 Å². The lowest BCUT2D eigenvalue weighted by Gasteiger charge is -2.11. The molecule has 2 heterocycles. The first-order chi connectivity index (χ1) is 13.9. The summed E-state index contributed by atoms with van der Waals surface area (Å²) in [5.41, 5.74) is 5.77. The number of carbonyl (C=O) groups excluding carboxylic acids is 1. The molecule has 7 heteroatoms. The van der Waals surface area contributed by atoms with Crippen LogP contribution in [0, 0.1) is 13.8 Å². The number of hydrogen-bond donors (Lipinski definition) is 2. The highest BCUT2D eigenvalue weighted by Crippen LogP contribution is 2.26. The molecule has 0 saturated heterocycles. The van der Waals surface area contributed by atoms with Gasteiger partial charge in [0.1, 0.15) is 0 Å². The van der Waals surface area contributed by atoms with Crippen LogP contribution < -0.4 is 10.6 Å². The van der Waals surface area contributed by atoms with E-state index in [0.29, 0.717) is 22.2 Å². The van der Waals surface area contributed by atoms with E-state index >= 15 is 0 Å². The Bertz CT molecular complexity index is 1210. The second-order valence-corrected chi connectivity index (χ2v) is 7.31. The van der Waals surface area contributed by atoms with Gasteiger partial charge in [0.25, 0.3) is 5.91 Å². The lowest BCUT2D eigenvalue weighted by Crippen LogP contribution is -2.11. The van der Waals surface area contributed by atoms with Crippen LogP contribution in [0.25, 0.3) is 11.0 Å². The van der Waals surface area contributed by atoms with Gasteiger partial charge in [-0.05, 0) is 61.9 Å². The van der Waals surface area contributed by atoms with Crippen molar-refractivity contribution in [3.63, 3.8) is 0 Å². The smallest absolute Gasteiger partial charge is 0.255 e. The molecular weight excluding hydrogens is 386 g/mol. The van der Waals surface area contributed by atoms with Crippen molar-refractivity contribution in [3.05, 3.63) is 76.6 Å². The van der Waals surface area contributed by atoms with Gasteiger partial charge in [-0.2, -0.15) is 0 Å². The van der Waals surface area contributed by atoms with Crippen molar-refractivity contribution in [2.24, 2.45) is 7.05 Å². The van der Waals surface area contributed by atoms with E-state index in [-0.39, 0.29) is 5.91 Å². The summed E-state index contributed by atoms with van der Waals surface area (Å²) in [6.07, 6.45) is 1.79. The van der Waals surface area contributed by atoms with E-state index in [1.165, 1.54) is 0 Å². The summed E-state index contributed by atoms with van der Waals surface area (Å²) in [6, 6.07) is 14.5. The number of halogens is 1. The van der Waals surface area contributed by atoms with Crippen molar-refractivity contribution >= 4 is 45.9 Å². The summed E-state index contributed by atoms with van der Waals surface area (Å²) >= 11 is 5.99. The standard InChI is InChI=1S/C22H20ClN5O/c1-13-9-10-24-14(2)20(13)27-22-26-18-8-7-15(11-19(18)28(22)3)21(29)25-17-6-4-5-16(23)12-17/h4-12H,1-3H3,(H,25,29)(H,26,27). The Balaban J connectivity index is 1.64. The number of aromatic nitrogens is 3. The Kier molecular flexibility index (Phi) is 4.94. The second kappa shape index (κ2) is 7.56. The third-order valence-electron chi connectivity index (χ3n) is 4.81. The molecule has 0 fully saturated rings. The molecule has 0 aliphatic carbocycles. The molecule has 0 atom stereocenters. The molecule has 4 aromatic rings. The highest BCUT2D eigenvalue weighted by Gasteiger charge is 2.14. The van der Waals surface area contributed by atoms with Gasteiger partial charge < -0.3 is 15.2 Å². The number of nitrogens with zero attached hydrogens (tertiary/aromatic N) is 3. The van der Waals surface area contributed by atoms with E-state index in [4.69, 9.17) is 11.6 Å². The van der Waals surface area contributed by atoms with Crippen LogP contribution in [-0.4, -0.2) is 20.4 Å². The van der Waals surface area contributed by atoms with Crippen LogP contribution in [0.1, 0.15) is 21.6 Å². The van der Waals surface area contributed by atoms with Gasteiger partial charge in [-0.3, -0.25) is 9.78 Å². The molecule has 2 N–H and O–H groups in total. The maximum absolute atomic E-state index is 12.7. The highest BCUT2D eigenvalue weighted by molar-refractivity contribution is 6.31. The lowest BCUT2D eigenvalue weighted by atomic mass is 10.2. The molecule has 0 aliphatic heterocycles. The molecule has 4 rings (SSSR count). The first-order valence-corrected chi connectivity index (χ1v) is 9.53. The van der Waals surface area contributed by atoms with Crippen molar-refractivity contribution in [2.45, 2.75) is 13.8 Å². The third-order valence-corrected chi connectivity index (χ3v) is 5.05. The van der Waals surface area contributed by atoms with E-state index < -0.39 is 0 Å². The summed E-state index contributed by atoms with van der Waals surface area (Å²) in [6.45, 7) is 3.98. The van der Waals surface area contributed by atoms with Crippen molar-refractivity contribution in [3.8, 4) is 0 Å². The predicted octanol–water partition coefficient (Wildman–Crippen LogP) is 5.23. The Labute approximate surface area is 173 Å². The van der Waals surface area contributed by atoms with E-state index in [9.17, 15) is 4.79 Å². The highest BCUT2D eigenvalue weighted by atomic mass is 35.5. The fourth-order valence-corrected chi connectivity index (χ4v) is 3.40. The molecule has 0 unspecified atom stereocenters. The molecule has 0 spiro atoms. The minimum atomic E-state index is -0.205. The van der Waals surface area contributed by atoms with Crippen LogP contribution in [0.2, 0.25) is 5.02 Å². The number of fused-ring (bicyclic) bond motifs is 1. The Morgan fingerprint density at radius 1 is 1.10 bits per heavy atom. The predicted molar refractivity (Wildman–Crippen MR) is 117 cm³/mol. The van der Waals surface area contributed by atoms with Crippen molar-refractivity contribution in [2.75, 3.05) is 10.6 Å². The van der Waals surface area contributed by atoms with Crippen LogP contribution in [0.5, 0.6) is 0 Å². The Hall–Kier alpha value is -3.38.